The second-order valence-corrected chi connectivity index (χ2v) is 2.14. The fourth-order valence-electron chi connectivity index (χ4n) is 0.514. The molecule has 7 heavy (non-hydrogen) atoms. The van der Waals surface area contributed by atoms with Gasteiger partial charge in [0.05, 0.1) is 0 Å². The van der Waals surface area contributed by atoms with E-state index in [1.165, 1.54) is 27.9 Å². The Morgan fingerprint density at radius 2 is 2.57 bits per heavy atom. The van der Waals surface area contributed by atoms with Gasteiger partial charge < -0.3 is 0 Å². The summed E-state index contributed by atoms with van der Waals surface area (Å²) >= 11 is 1.20. The SMILES string of the molecule is [Na][CH2]c1ccco1. The summed E-state index contributed by atoms with van der Waals surface area (Å²) in [6, 6.07) is 3.93. The third-order valence-electron chi connectivity index (χ3n) is 0.929. The van der Waals surface area contributed by atoms with E-state index in [2.05, 4.69) is 0 Å². The number of hydrogen-bond acceptors (Lipinski definition) is 1. The maximum atomic E-state index is 5.02. The third kappa shape index (κ3) is 1.34. The van der Waals surface area contributed by atoms with Crippen LogP contribution < -0.4 is 0 Å². The van der Waals surface area contributed by atoms with Gasteiger partial charge in [-0.15, -0.1) is 0 Å². The Morgan fingerprint density at radius 1 is 1.71 bits per heavy atom. The molecule has 0 spiro atoms. The van der Waals surface area contributed by atoms with Crippen molar-refractivity contribution in [3.63, 3.8) is 0 Å². The average molecular weight is 104 g/mol. The molecular formula is C5H5NaO. The van der Waals surface area contributed by atoms with Gasteiger partial charge in [-0.1, -0.05) is 0 Å². The summed E-state index contributed by atoms with van der Waals surface area (Å²) in [5.41, 5.74) is 0. The van der Waals surface area contributed by atoms with E-state index in [9.17, 15) is 0 Å². The van der Waals surface area contributed by atoms with Crippen molar-refractivity contribution in [3.8, 4) is 0 Å². The Bertz CT molecular complexity index is 123. The van der Waals surface area contributed by atoms with Crippen LogP contribution in [0.1, 0.15) is 5.76 Å². The van der Waals surface area contributed by atoms with Crippen LogP contribution >= 0.6 is 0 Å². The molecule has 0 N–H and O–H groups in total. The molecular weight excluding hydrogens is 99.0 g/mol. The summed E-state index contributed by atoms with van der Waals surface area (Å²) in [6.45, 7) is 0. The van der Waals surface area contributed by atoms with Gasteiger partial charge in [0.15, 0.2) is 0 Å². The molecule has 0 atom stereocenters. The fraction of sp³-hybridized carbons (Fsp3) is 0.200. The number of rotatable bonds is 1. The molecule has 0 unspecified atom stereocenters. The standard InChI is InChI=1S/C5H5O.Na/c1-5-3-2-4-6-5;/h2-4H,1H2;. The zero-order valence-corrected chi connectivity index (χ0v) is 6.35. The summed E-state index contributed by atoms with van der Waals surface area (Å²) in [5.74, 6) is 1.12. The first-order valence-corrected chi connectivity index (χ1v) is 3.87. The first kappa shape index (κ1) is 5.42. The van der Waals surface area contributed by atoms with Gasteiger partial charge in [-0.25, -0.2) is 0 Å². The summed E-state index contributed by atoms with van der Waals surface area (Å²) in [7, 11) is 0. The van der Waals surface area contributed by atoms with Gasteiger partial charge in [-0.2, -0.15) is 0 Å². The van der Waals surface area contributed by atoms with Crippen molar-refractivity contribution >= 4 is 27.9 Å². The molecule has 32 valence electrons. The molecule has 0 saturated carbocycles. The molecule has 0 bridgehead atoms. The van der Waals surface area contributed by atoms with Crippen LogP contribution in [0.5, 0.6) is 0 Å². The molecule has 0 amide bonds. The Kier molecular flexibility index (Phi) is 1.98. The van der Waals surface area contributed by atoms with Crippen LogP contribution in [-0.2, 0) is 3.67 Å². The van der Waals surface area contributed by atoms with Gasteiger partial charge in [0.2, 0.25) is 0 Å². The quantitative estimate of drug-likeness (QED) is 0.483. The monoisotopic (exact) mass is 104 g/mol. The van der Waals surface area contributed by atoms with Crippen LogP contribution in [0.4, 0.5) is 0 Å². The second kappa shape index (κ2) is 2.55. The van der Waals surface area contributed by atoms with Crippen molar-refractivity contribution < 1.29 is 4.42 Å². The van der Waals surface area contributed by atoms with Gasteiger partial charge >= 0.3 is 60.2 Å². The Morgan fingerprint density at radius 3 is 2.86 bits per heavy atom. The van der Waals surface area contributed by atoms with E-state index in [1.54, 1.807) is 6.26 Å². The van der Waals surface area contributed by atoms with E-state index < -0.39 is 0 Å². The van der Waals surface area contributed by atoms with Crippen molar-refractivity contribution in [3.05, 3.63) is 24.2 Å². The van der Waals surface area contributed by atoms with Gasteiger partial charge in [0.1, 0.15) is 0 Å². The zero-order chi connectivity index (χ0) is 5.11. The molecule has 0 aliphatic heterocycles. The molecule has 1 aromatic rings. The van der Waals surface area contributed by atoms with E-state index in [-0.39, 0.29) is 0 Å². The summed E-state index contributed by atoms with van der Waals surface area (Å²) in [5, 5.41) is 0. The van der Waals surface area contributed by atoms with Crippen LogP contribution in [0, 0.1) is 0 Å². The molecule has 0 saturated heterocycles. The van der Waals surface area contributed by atoms with E-state index >= 15 is 0 Å². The predicted octanol–water partition coefficient (Wildman–Crippen LogP) is 0.948. The molecule has 0 aliphatic rings. The molecule has 2 heteroatoms. The molecule has 1 aromatic heterocycles. The number of hydrogen-bond donors (Lipinski definition) is 0. The van der Waals surface area contributed by atoms with Crippen LogP contribution in [-0.4, -0.2) is 27.9 Å². The fourth-order valence-corrected chi connectivity index (χ4v) is 0.916. The van der Waals surface area contributed by atoms with E-state index in [1.807, 2.05) is 12.1 Å². The van der Waals surface area contributed by atoms with Crippen molar-refractivity contribution in [1.29, 1.82) is 0 Å². The van der Waals surface area contributed by atoms with Crippen LogP contribution in [0.15, 0.2) is 22.8 Å². The summed E-state index contributed by atoms with van der Waals surface area (Å²) < 4.78 is 6.15. The van der Waals surface area contributed by atoms with Crippen molar-refractivity contribution in [2.24, 2.45) is 0 Å². The number of furan rings is 1. The summed E-state index contributed by atoms with van der Waals surface area (Å²) in [4.78, 5) is 0. The Hall–Kier alpha value is 0.280. The van der Waals surface area contributed by atoms with Crippen LogP contribution in [0.3, 0.4) is 0 Å². The third-order valence-corrected chi connectivity index (χ3v) is 1.63. The predicted molar refractivity (Wildman–Crippen MR) is 28.2 cm³/mol. The first-order valence-electron chi connectivity index (χ1n) is 2.46. The zero-order valence-electron chi connectivity index (χ0n) is 4.35. The topological polar surface area (TPSA) is 13.1 Å². The van der Waals surface area contributed by atoms with E-state index in [4.69, 9.17) is 4.42 Å². The van der Waals surface area contributed by atoms with Gasteiger partial charge in [-0.05, 0) is 0 Å². The van der Waals surface area contributed by atoms with Crippen LogP contribution in [0.2, 0.25) is 0 Å². The van der Waals surface area contributed by atoms with Gasteiger partial charge in [-0.3, -0.25) is 0 Å². The molecule has 0 radical (unpaired) electrons. The molecule has 0 aromatic carbocycles. The summed E-state index contributed by atoms with van der Waals surface area (Å²) in [6.07, 6.45) is 1.72. The van der Waals surface area contributed by atoms with Gasteiger partial charge in [0, 0.05) is 0 Å². The average Bonchev–Trinajstić information content (AvgIpc) is 2.14. The maximum absolute atomic E-state index is 5.02. The first-order chi connectivity index (χ1) is 3.43. The van der Waals surface area contributed by atoms with E-state index in [0.717, 1.165) is 9.43 Å². The van der Waals surface area contributed by atoms with Crippen molar-refractivity contribution in [2.75, 3.05) is 0 Å². The van der Waals surface area contributed by atoms with Crippen LogP contribution in [0.25, 0.3) is 0 Å². The Balaban J connectivity index is 2.76. The normalized spacial score (nSPS) is 9.43. The van der Waals surface area contributed by atoms with Crippen molar-refractivity contribution in [2.45, 2.75) is 3.67 Å². The molecule has 1 rings (SSSR count). The molecule has 1 nitrogen and oxygen atoms in total. The second-order valence-electron chi connectivity index (χ2n) is 1.43. The minimum absolute atomic E-state index is 1.12. The van der Waals surface area contributed by atoms with Gasteiger partial charge in [0.25, 0.3) is 0 Å². The Labute approximate surface area is 60.1 Å². The van der Waals surface area contributed by atoms with Crippen molar-refractivity contribution in [1.82, 2.24) is 0 Å². The molecule has 1 heterocycles. The van der Waals surface area contributed by atoms with E-state index in [0.29, 0.717) is 0 Å². The molecule has 0 fully saturated rings. The minimum atomic E-state index is 1.12. The molecule has 0 aliphatic carbocycles.